The van der Waals surface area contributed by atoms with Crippen molar-refractivity contribution in [2.75, 3.05) is 0 Å². The Morgan fingerprint density at radius 1 is 1.06 bits per heavy atom. The number of aromatic nitrogens is 2. The Morgan fingerprint density at radius 3 is 2.47 bits per heavy atom. The first-order chi connectivity index (χ1) is 8.11. The van der Waals surface area contributed by atoms with E-state index in [1.54, 1.807) is 0 Å². The summed E-state index contributed by atoms with van der Waals surface area (Å²) in [5.41, 5.74) is 5.82. The molecule has 6 heteroatoms. The van der Waals surface area contributed by atoms with Crippen molar-refractivity contribution in [3.8, 4) is 0 Å². The molecule has 2 N–H and O–H groups in total. The lowest BCUT2D eigenvalue weighted by Gasteiger charge is -2.12. The molecule has 0 radical (unpaired) electrons. The van der Waals surface area contributed by atoms with E-state index in [0.717, 1.165) is 12.1 Å². The molecule has 3 nitrogen and oxygen atoms in total. The lowest BCUT2D eigenvalue weighted by Crippen LogP contribution is -2.16. The lowest BCUT2D eigenvalue weighted by molar-refractivity contribution is 0.438. The van der Waals surface area contributed by atoms with Crippen LogP contribution in [0.2, 0.25) is 0 Å². The number of nitrogens with two attached hydrogens (primary N) is 1. The van der Waals surface area contributed by atoms with Crippen LogP contribution in [0, 0.1) is 17.5 Å². The van der Waals surface area contributed by atoms with Gasteiger partial charge in [0.05, 0.1) is 17.9 Å². The molecular formula is C11H8F3N3. The van der Waals surface area contributed by atoms with Crippen LogP contribution < -0.4 is 5.73 Å². The minimum Gasteiger partial charge on any atom is -0.319 e. The molecule has 0 saturated heterocycles. The highest BCUT2D eigenvalue weighted by Gasteiger charge is 2.20. The summed E-state index contributed by atoms with van der Waals surface area (Å²) in [5, 5.41) is 0. The number of nitrogens with zero attached hydrogens (tertiary/aromatic N) is 2. The average Bonchev–Trinajstić information content (AvgIpc) is 2.36. The molecule has 0 spiro atoms. The van der Waals surface area contributed by atoms with E-state index in [4.69, 9.17) is 5.73 Å². The predicted molar refractivity (Wildman–Crippen MR) is 54.4 cm³/mol. The normalized spacial score (nSPS) is 12.5. The van der Waals surface area contributed by atoms with Gasteiger partial charge >= 0.3 is 0 Å². The fourth-order valence-corrected chi connectivity index (χ4v) is 1.41. The van der Waals surface area contributed by atoms with Crippen LogP contribution in [0.1, 0.15) is 17.3 Å². The Kier molecular flexibility index (Phi) is 3.06. The van der Waals surface area contributed by atoms with Crippen LogP contribution in [0.25, 0.3) is 0 Å². The highest BCUT2D eigenvalue weighted by Crippen LogP contribution is 2.23. The minimum absolute atomic E-state index is 0.163. The second-order valence-electron chi connectivity index (χ2n) is 3.37. The maximum atomic E-state index is 13.5. The van der Waals surface area contributed by atoms with Crippen LogP contribution in [-0.4, -0.2) is 9.97 Å². The Labute approximate surface area is 95.1 Å². The Hall–Kier alpha value is -1.95. The minimum atomic E-state index is -1.54. The standard InChI is InChI=1S/C11H8F3N3/c12-7-2-1-6(9(13)10(7)14)11(15)8-5-16-3-4-17-8/h1-5,11H,15H2. The molecule has 0 aliphatic rings. The third kappa shape index (κ3) is 2.12. The number of rotatable bonds is 2. The largest absolute Gasteiger partial charge is 0.319 e. The third-order valence-corrected chi connectivity index (χ3v) is 2.30. The number of halogens is 3. The Balaban J connectivity index is 2.45. The van der Waals surface area contributed by atoms with Gasteiger partial charge in [-0.15, -0.1) is 0 Å². The third-order valence-electron chi connectivity index (χ3n) is 2.30. The van der Waals surface area contributed by atoms with Gasteiger partial charge in [-0.25, -0.2) is 13.2 Å². The highest BCUT2D eigenvalue weighted by atomic mass is 19.2. The molecule has 1 heterocycles. The van der Waals surface area contributed by atoms with E-state index in [1.807, 2.05) is 0 Å². The van der Waals surface area contributed by atoms with Crippen LogP contribution in [0.15, 0.2) is 30.7 Å². The monoisotopic (exact) mass is 239 g/mol. The summed E-state index contributed by atoms with van der Waals surface area (Å²) in [6.45, 7) is 0. The summed E-state index contributed by atoms with van der Waals surface area (Å²) in [6, 6.07) is 0.927. The molecule has 2 rings (SSSR count). The van der Waals surface area contributed by atoms with E-state index >= 15 is 0 Å². The van der Waals surface area contributed by atoms with E-state index in [-0.39, 0.29) is 11.3 Å². The molecule has 1 aromatic heterocycles. The van der Waals surface area contributed by atoms with Crippen molar-refractivity contribution in [2.24, 2.45) is 5.73 Å². The number of hydrogen-bond donors (Lipinski definition) is 1. The summed E-state index contributed by atoms with van der Waals surface area (Å²) >= 11 is 0. The second-order valence-corrected chi connectivity index (χ2v) is 3.37. The molecule has 0 aliphatic heterocycles. The summed E-state index contributed by atoms with van der Waals surface area (Å²) in [6.07, 6.45) is 4.15. The predicted octanol–water partition coefficient (Wildman–Crippen LogP) is 1.94. The summed E-state index contributed by atoms with van der Waals surface area (Å²) < 4.78 is 39.2. The highest BCUT2D eigenvalue weighted by molar-refractivity contribution is 5.28. The van der Waals surface area contributed by atoms with Crippen molar-refractivity contribution in [2.45, 2.75) is 6.04 Å². The molecule has 2 aromatic rings. The fraction of sp³-hybridized carbons (Fsp3) is 0.0909. The topological polar surface area (TPSA) is 51.8 Å². The van der Waals surface area contributed by atoms with Crippen LogP contribution in [-0.2, 0) is 0 Å². The van der Waals surface area contributed by atoms with Gasteiger partial charge in [0.25, 0.3) is 0 Å². The van der Waals surface area contributed by atoms with Crippen LogP contribution in [0.5, 0.6) is 0 Å². The second kappa shape index (κ2) is 4.50. The van der Waals surface area contributed by atoms with Crippen molar-refractivity contribution in [3.63, 3.8) is 0 Å². The van der Waals surface area contributed by atoms with Crippen molar-refractivity contribution < 1.29 is 13.2 Å². The van der Waals surface area contributed by atoms with Gasteiger partial charge in [0.2, 0.25) is 0 Å². The van der Waals surface area contributed by atoms with Gasteiger partial charge in [-0.05, 0) is 6.07 Å². The Morgan fingerprint density at radius 2 is 1.82 bits per heavy atom. The lowest BCUT2D eigenvalue weighted by atomic mass is 10.0. The average molecular weight is 239 g/mol. The zero-order chi connectivity index (χ0) is 12.4. The molecular weight excluding hydrogens is 231 g/mol. The first kappa shape index (κ1) is 11.5. The van der Waals surface area contributed by atoms with E-state index in [0.29, 0.717) is 0 Å². The molecule has 1 atom stereocenters. The van der Waals surface area contributed by atoms with Gasteiger partial charge in [-0.3, -0.25) is 9.97 Å². The number of hydrogen-bond acceptors (Lipinski definition) is 3. The number of benzene rings is 1. The van der Waals surface area contributed by atoms with Crippen LogP contribution in [0.3, 0.4) is 0 Å². The van der Waals surface area contributed by atoms with E-state index in [9.17, 15) is 13.2 Å². The zero-order valence-electron chi connectivity index (χ0n) is 8.57. The van der Waals surface area contributed by atoms with Crippen molar-refractivity contribution >= 4 is 0 Å². The van der Waals surface area contributed by atoms with Gasteiger partial charge < -0.3 is 5.73 Å². The first-order valence-electron chi connectivity index (χ1n) is 4.76. The smallest absolute Gasteiger partial charge is 0.194 e. The molecule has 0 saturated carbocycles. The molecule has 0 bridgehead atoms. The fourth-order valence-electron chi connectivity index (χ4n) is 1.41. The van der Waals surface area contributed by atoms with Crippen LogP contribution >= 0.6 is 0 Å². The van der Waals surface area contributed by atoms with Gasteiger partial charge in [0.15, 0.2) is 17.5 Å². The van der Waals surface area contributed by atoms with E-state index in [1.165, 1.54) is 18.6 Å². The van der Waals surface area contributed by atoms with Gasteiger partial charge in [-0.1, -0.05) is 6.07 Å². The molecule has 0 aliphatic carbocycles. The zero-order valence-corrected chi connectivity index (χ0v) is 8.57. The van der Waals surface area contributed by atoms with Crippen LogP contribution in [0.4, 0.5) is 13.2 Å². The molecule has 88 valence electrons. The van der Waals surface area contributed by atoms with Gasteiger partial charge in [-0.2, -0.15) is 0 Å². The SMILES string of the molecule is NC(c1cnccn1)c1ccc(F)c(F)c1F. The summed E-state index contributed by atoms with van der Waals surface area (Å²) in [5.74, 6) is -4.09. The maximum absolute atomic E-state index is 13.5. The maximum Gasteiger partial charge on any atom is 0.194 e. The van der Waals surface area contributed by atoms with Crippen molar-refractivity contribution in [3.05, 3.63) is 59.4 Å². The molecule has 1 unspecified atom stereocenters. The first-order valence-corrected chi connectivity index (χ1v) is 4.76. The van der Waals surface area contributed by atoms with Gasteiger partial charge in [0, 0.05) is 18.0 Å². The van der Waals surface area contributed by atoms with Crippen molar-refractivity contribution in [1.29, 1.82) is 0 Å². The van der Waals surface area contributed by atoms with Crippen molar-refractivity contribution in [1.82, 2.24) is 9.97 Å². The quantitative estimate of drug-likeness (QED) is 0.815. The van der Waals surface area contributed by atoms with E-state index < -0.39 is 23.5 Å². The molecule has 0 amide bonds. The van der Waals surface area contributed by atoms with E-state index in [2.05, 4.69) is 9.97 Å². The molecule has 17 heavy (non-hydrogen) atoms. The molecule has 1 aromatic carbocycles. The Bertz CT molecular complexity index is 531. The molecule has 0 fully saturated rings. The van der Waals surface area contributed by atoms with Gasteiger partial charge in [0.1, 0.15) is 0 Å². The summed E-state index contributed by atoms with van der Waals surface area (Å²) in [7, 11) is 0. The summed E-state index contributed by atoms with van der Waals surface area (Å²) in [4.78, 5) is 7.65.